The molecule has 0 fully saturated rings. The molecule has 0 bridgehead atoms. The van der Waals surface area contributed by atoms with Crippen LogP contribution in [-0.4, -0.2) is 46.2 Å². The monoisotopic (exact) mass is 409 g/mol. The van der Waals surface area contributed by atoms with E-state index < -0.39 is 0 Å². The standard InChI is InChI=1S/C24H28FN3O2/c1-3-5-6-16-28-23(29)21(19-7-9-20(25)10-8-19)22(24(28)30)27(4-2)17-13-18-11-14-26-15-12-18/h7-12,14-15H,3-6,13,16-17H2,1-2H3. The molecule has 158 valence electrons. The van der Waals surface area contributed by atoms with Crippen LogP contribution in [0.15, 0.2) is 54.5 Å². The first-order valence-corrected chi connectivity index (χ1v) is 10.6. The summed E-state index contributed by atoms with van der Waals surface area (Å²) < 4.78 is 13.5. The number of carbonyl (C=O) groups is 2. The molecule has 0 N–H and O–H groups in total. The quantitative estimate of drug-likeness (QED) is 0.439. The van der Waals surface area contributed by atoms with Crippen molar-refractivity contribution in [2.75, 3.05) is 19.6 Å². The van der Waals surface area contributed by atoms with E-state index in [-0.39, 0.29) is 17.6 Å². The highest BCUT2D eigenvalue weighted by atomic mass is 19.1. The van der Waals surface area contributed by atoms with Gasteiger partial charge in [-0.3, -0.25) is 19.5 Å². The average molecular weight is 410 g/mol. The normalized spacial score (nSPS) is 14.0. The topological polar surface area (TPSA) is 53.5 Å². The Labute approximate surface area is 177 Å². The Balaban J connectivity index is 1.93. The smallest absolute Gasteiger partial charge is 0.277 e. The summed E-state index contributed by atoms with van der Waals surface area (Å²) in [7, 11) is 0. The summed E-state index contributed by atoms with van der Waals surface area (Å²) in [5, 5.41) is 0. The number of aromatic nitrogens is 1. The number of hydrogen-bond donors (Lipinski definition) is 0. The van der Waals surface area contributed by atoms with E-state index in [2.05, 4.69) is 11.9 Å². The van der Waals surface area contributed by atoms with Crippen LogP contribution in [0.2, 0.25) is 0 Å². The average Bonchev–Trinajstić information content (AvgIpc) is 3.01. The summed E-state index contributed by atoms with van der Waals surface area (Å²) in [4.78, 5) is 33.9. The fourth-order valence-corrected chi connectivity index (χ4v) is 3.70. The molecular formula is C24H28FN3O2. The van der Waals surface area contributed by atoms with E-state index in [1.54, 1.807) is 24.5 Å². The van der Waals surface area contributed by atoms with Gasteiger partial charge in [-0.1, -0.05) is 31.9 Å². The summed E-state index contributed by atoms with van der Waals surface area (Å²) in [5.74, 6) is -0.922. The van der Waals surface area contributed by atoms with Crippen molar-refractivity contribution >= 4 is 17.4 Å². The SMILES string of the molecule is CCCCCN1C(=O)C(c2ccc(F)cc2)=C(N(CC)CCc2ccncc2)C1=O. The Bertz CT molecular complexity index is 910. The molecule has 2 amide bonds. The zero-order valence-electron chi connectivity index (χ0n) is 17.6. The second kappa shape index (κ2) is 10.1. The van der Waals surface area contributed by atoms with Crippen molar-refractivity contribution in [2.45, 2.75) is 39.5 Å². The van der Waals surface area contributed by atoms with E-state index in [1.165, 1.54) is 17.0 Å². The van der Waals surface area contributed by atoms with E-state index >= 15 is 0 Å². The highest BCUT2D eigenvalue weighted by Gasteiger charge is 2.40. The minimum Gasteiger partial charge on any atom is -0.366 e. The predicted octanol–water partition coefficient (Wildman–Crippen LogP) is 4.06. The number of unbranched alkanes of at least 4 members (excludes halogenated alkanes) is 2. The molecule has 0 radical (unpaired) electrons. The van der Waals surface area contributed by atoms with Gasteiger partial charge in [0, 0.05) is 32.0 Å². The molecule has 0 saturated heterocycles. The number of imide groups is 1. The zero-order valence-corrected chi connectivity index (χ0v) is 17.6. The molecule has 0 unspecified atom stereocenters. The minimum atomic E-state index is -0.373. The lowest BCUT2D eigenvalue weighted by atomic mass is 10.0. The second-order valence-corrected chi connectivity index (χ2v) is 7.38. The molecule has 1 aliphatic heterocycles. The van der Waals surface area contributed by atoms with Crippen LogP contribution in [0.25, 0.3) is 5.57 Å². The molecular weight excluding hydrogens is 381 g/mol. The molecule has 6 heteroatoms. The first kappa shape index (κ1) is 21.7. The van der Waals surface area contributed by atoms with Crippen LogP contribution in [-0.2, 0) is 16.0 Å². The van der Waals surface area contributed by atoms with Crippen LogP contribution in [0.1, 0.15) is 44.2 Å². The van der Waals surface area contributed by atoms with E-state index in [0.717, 1.165) is 31.2 Å². The van der Waals surface area contributed by atoms with Crippen molar-refractivity contribution in [3.05, 3.63) is 71.4 Å². The Morgan fingerprint density at radius 1 is 0.967 bits per heavy atom. The Morgan fingerprint density at radius 3 is 2.30 bits per heavy atom. The maximum Gasteiger partial charge on any atom is 0.277 e. The molecule has 0 aliphatic carbocycles. The second-order valence-electron chi connectivity index (χ2n) is 7.38. The van der Waals surface area contributed by atoms with Crippen LogP contribution in [0.4, 0.5) is 4.39 Å². The molecule has 2 aromatic rings. The number of pyridine rings is 1. The van der Waals surface area contributed by atoms with E-state index in [4.69, 9.17) is 0 Å². The lowest BCUT2D eigenvalue weighted by Gasteiger charge is -2.25. The van der Waals surface area contributed by atoms with Gasteiger partial charge >= 0.3 is 0 Å². The Kier molecular flexibility index (Phi) is 7.33. The van der Waals surface area contributed by atoms with Crippen molar-refractivity contribution in [3.8, 4) is 0 Å². The fraction of sp³-hybridized carbons (Fsp3) is 0.375. The number of nitrogens with zero attached hydrogens (tertiary/aromatic N) is 3. The molecule has 3 rings (SSSR count). The van der Waals surface area contributed by atoms with Gasteiger partial charge in [-0.2, -0.15) is 0 Å². The summed E-state index contributed by atoms with van der Waals surface area (Å²) in [6, 6.07) is 9.68. The summed E-state index contributed by atoms with van der Waals surface area (Å²) in [6.45, 7) is 5.65. The van der Waals surface area contributed by atoms with Gasteiger partial charge in [0.2, 0.25) is 0 Å². The summed E-state index contributed by atoms with van der Waals surface area (Å²) >= 11 is 0. The first-order valence-electron chi connectivity index (χ1n) is 10.6. The summed E-state index contributed by atoms with van der Waals surface area (Å²) in [6.07, 6.45) is 6.96. The van der Waals surface area contributed by atoms with E-state index in [1.807, 2.05) is 24.0 Å². The van der Waals surface area contributed by atoms with Crippen LogP contribution in [0.3, 0.4) is 0 Å². The highest BCUT2D eigenvalue weighted by molar-refractivity contribution is 6.35. The van der Waals surface area contributed by atoms with Crippen molar-refractivity contribution in [1.29, 1.82) is 0 Å². The van der Waals surface area contributed by atoms with Crippen molar-refractivity contribution in [3.63, 3.8) is 0 Å². The number of carbonyl (C=O) groups excluding carboxylic acids is 2. The van der Waals surface area contributed by atoms with Crippen molar-refractivity contribution in [2.24, 2.45) is 0 Å². The molecule has 1 aromatic carbocycles. The van der Waals surface area contributed by atoms with Gasteiger partial charge in [0.05, 0.1) is 5.57 Å². The van der Waals surface area contributed by atoms with Crippen LogP contribution < -0.4 is 0 Å². The molecule has 1 aromatic heterocycles. The number of likely N-dealkylation sites (N-methyl/N-ethyl adjacent to an activating group) is 1. The third-order valence-corrected chi connectivity index (χ3v) is 5.38. The molecule has 5 nitrogen and oxygen atoms in total. The van der Waals surface area contributed by atoms with Gasteiger partial charge < -0.3 is 4.90 Å². The van der Waals surface area contributed by atoms with Gasteiger partial charge in [-0.15, -0.1) is 0 Å². The third-order valence-electron chi connectivity index (χ3n) is 5.38. The predicted molar refractivity (Wildman–Crippen MR) is 115 cm³/mol. The van der Waals surface area contributed by atoms with E-state index in [0.29, 0.717) is 36.5 Å². The molecule has 0 spiro atoms. The van der Waals surface area contributed by atoms with Crippen LogP contribution in [0, 0.1) is 5.82 Å². The molecule has 0 atom stereocenters. The first-order chi connectivity index (χ1) is 14.6. The van der Waals surface area contributed by atoms with Gasteiger partial charge in [0.25, 0.3) is 11.8 Å². The minimum absolute atomic E-state index is 0.257. The maximum atomic E-state index is 13.5. The highest BCUT2D eigenvalue weighted by Crippen LogP contribution is 2.32. The Morgan fingerprint density at radius 2 is 1.67 bits per heavy atom. The van der Waals surface area contributed by atoms with Gasteiger partial charge in [0.1, 0.15) is 11.5 Å². The van der Waals surface area contributed by atoms with Crippen LogP contribution in [0.5, 0.6) is 0 Å². The third kappa shape index (κ3) is 4.75. The van der Waals surface area contributed by atoms with Crippen molar-refractivity contribution < 1.29 is 14.0 Å². The van der Waals surface area contributed by atoms with Gasteiger partial charge in [-0.25, -0.2) is 4.39 Å². The van der Waals surface area contributed by atoms with Gasteiger partial charge in [0.15, 0.2) is 0 Å². The number of halogens is 1. The fourth-order valence-electron chi connectivity index (χ4n) is 3.70. The van der Waals surface area contributed by atoms with Crippen LogP contribution >= 0.6 is 0 Å². The summed E-state index contributed by atoms with van der Waals surface area (Å²) in [5.41, 5.74) is 2.47. The van der Waals surface area contributed by atoms with E-state index in [9.17, 15) is 14.0 Å². The number of amides is 2. The lowest BCUT2D eigenvalue weighted by molar-refractivity contribution is -0.137. The molecule has 30 heavy (non-hydrogen) atoms. The maximum absolute atomic E-state index is 13.5. The van der Waals surface area contributed by atoms with Gasteiger partial charge in [-0.05, 0) is 55.2 Å². The number of hydrogen-bond acceptors (Lipinski definition) is 4. The molecule has 0 saturated carbocycles. The molecule has 2 heterocycles. The molecule has 1 aliphatic rings. The zero-order chi connectivity index (χ0) is 21.5. The Hall–Kier alpha value is -3.02. The van der Waals surface area contributed by atoms with Crippen molar-refractivity contribution in [1.82, 2.24) is 14.8 Å². The number of benzene rings is 1. The lowest BCUT2D eigenvalue weighted by Crippen LogP contribution is -2.36. The number of rotatable bonds is 10. The largest absolute Gasteiger partial charge is 0.366 e.